The fourth-order valence-corrected chi connectivity index (χ4v) is 2.14. The Balaban J connectivity index is 2.85. The normalized spacial score (nSPS) is 34.9. The summed E-state index contributed by atoms with van der Waals surface area (Å²) in [7, 11) is -3.46. The lowest BCUT2D eigenvalue weighted by Crippen LogP contribution is -2.49. The number of nitrogens with one attached hydrogen (secondary N) is 1. The molecule has 10 heteroatoms. The van der Waals surface area contributed by atoms with Gasteiger partial charge in [-0.05, 0) is 7.05 Å². The van der Waals surface area contributed by atoms with Gasteiger partial charge in [0, 0.05) is 6.92 Å². The zero-order chi connectivity index (χ0) is 13.4. The number of hydrogen-bond acceptors (Lipinski definition) is 7. The average molecular weight is 270 g/mol. The first-order valence-corrected chi connectivity index (χ1v) is 6.01. The smallest absolute Gasteiger partial charge is 0.387 e. The zero-order valence-electron chi connectivity index (χ0n) is 9.14. The first kappa shape index (κ1) is 14.3. The van der Waals surface area contributed by atoms with Crippen molar-refractivity contribution in [3.63, 3.8) is 0 Å². The maximum atomic E-state index is 10.9. The maximum Gasteiger partial charge on any atom is 0.398 e. The second-order valence-electron chi connectivity index (χ2n) is 3.71. The first-order chi connectivity index (χ1) is 7.63. The van der Waals surface area contributed by atoms with Crippen LogP contribution in [-0.4, -0.2) is 65.6 Å². The van der Waals surface area contributed by atoms with Crippen LogP contribution in [0.1, 0.15) is 6.92 Å². The molecule has 0 aromatic carbocycles. The van der Waals surface area contributed by atoms with Gasteiger partial charge in [0.25, 0.3) is 0 Å². The average Bonchev–Trinajstić information content (AvgIpc) is 2.32. The van der Waals surface area contributed by atoms with Crippen LogP contribution >= 0.6 is 0 Å². The van der Waals surface area contributed by atoms with Crippen LogP contribution in [0, 0.1) is 0 Å². The van der Waals surface area contributed by atoms with Crippen LogP contribution in [-0.2, 0) is 19.4 Å². The fourth-order valence-electron chi connectivity index (χ4n) is 1.64. The molecule has 0 saturated carbocycles. The summed E-state index contributed by atoms with van der Waals surface area (Å²) in [6.07, 6.45) is -5.50. The molecule has 1 rings (SSSR count). The molecule has 1 heterocycles. The van der Waals surface area contributed by atoms with E-state index < -0.39 is 40.9 Å². The van der Waals surface area contributed by atoms with Crippen molar-refractivity contribution in [2.75, 3.05) is 7.05 Å². The van der Waals surface area contributed by atoms with Gasteiger partial charge in [-0.2, -0.15) is 8.42 Å². The van der Waals surface area contributed by atoms with Crippen molar-refractivity contribution in [2.24, 2.45) is 0 Å². The standard InChI is InChI=1S/C7H14N2O7S/c1-3(10)8-6-4(11)5(12)7(9(6)2)16-17(13,14)15/h4-7,11-12H,1-2H3,(H,8,10)(H,13,14,15)/t4-,5-,6-,7+/m0/s1. The van der Waals surface area contributed by atoms with Crippen LogP contribution in [0.5, 0.6) is 0 Å². The summed E-state index contributed by atoms with van der Waals surface area (Å²) in [5, 5.41) is 21.4. The summed E-state index contributed by atoms with van der Waals surface area (Å²) in [6, 6.07) is 0. The van der Waals surface area contributed by atoms with Crippen LogP contribution < -0.4 is 5.32 Å². The number of hydrogen-bond donors (Lipinski definition) is 4. The molecule has 17 heavy (non-hydrogen) atoms. The van der Waals surface area contributed by atoms with Gasteiger partial charge in [-0.15, -0.1) is 0 Å². The highest BCUT2D eigenvalue weighted by Crippen LogP contribution is 2.23. The van der Waals surface area contributed by atoms with Gasteiger partial charge in [0.2, 0.25) is 5.91 Å². The van der Waals surface area contributed by atoms with Crippen molar-refractivity contribution in [1.29, 1.82) is 0 Å². The number of likely N-dealkylation sites (tertiary alicyclic amines) is 1. The quantitative estimate of drug-likeness (QED) is 0.405. The third-order valence-corrected chi connectivity index (χ3v) is 2.82. The van der Waals surface area contributed by atoms with Crippen LogP contribution in [0.25, 0.3) is 0 Å². The minimum Gasteiger partial charge on any atom is -0.387 e. The van der Waals surface area contributed by atoms with E-state index in [4.69, 9.17) is 4.55 Å². The van der Waals surface area contributed by atoms with Gasteiger partial charge in [0.1, 0.15) is 18.4 Å². The molecule has 0 aromatic rings. The predicted octanol–water partition coefficient (Wildman–Crippen LogP) is -2.74. The zero-order valence-corrected chi connectivity index (χ0v) is 9.96. The van der Waals surface area contributed by atoms with Crippen molar-refractivity contribution in [3.8, 4) is 0 Å². The van der Waals surface area contributed by atoms with Crippen molar-refractivity contribution in [3.05, 3.63) is 0 Å². The molecule has 1 amide bonds. The summed E-state index contributed by atoms with van der Waals surface area (Å²) in [5.41, 5.74) is 0. The molecular formula is C7H14N2O7S. The molecule has 0 bridgehead atoms. The highest BCUT2D eigenvalue weighted by molar-refractivity contribution is 7.80. The van der Waals surface area contributed by atoms with Crippen molar-refractivity contribution < 1.29 is 32.2 Å². The molecule has 1 aliphatic heterocycles. The van der Waals surface area contributed by atoms with Gasteiger partial charge in [0.15, 0.2) is 6.23 Å². The lowest BCUT2D eigenvalue weighted by molar-refractivity contribution is -0.121. The third-order valence-electron chi connectivity index (χ3n) is 2.38. The lowest BCUT2D eigenvalue weighted by Gasteiger charge is -2.24. The van der Waals surface area contributed by atoms with Crippen LogP contribution in [0.2, 0.25) is 0 Å². The Hall–Kier alpha value is -0.780. The molecule has 100 valence electrons. The minimum atomic E-state index is -4.77. The van der Waals surface area contributed by atoms with E-state index in [1.807, 2.05) is 0 Å². The Morgan fingerprint density at radius 2 is 1.88 bits per heavy atom. The minimum absolute atomic E-state index is 0.472. The van der Waals surface area contributed by atoms with Crippen molar-refractivity contribution in [1.82, 2.24) is 10.2 Å². The molecule has 1 aliphatic rings. The highest BCUT2D eigenvalue weighted by atomic mass is 32.3. The van der Waals surface area contributed by atoms with Crippen molar-refractivity contribution >= 4 is 16.3 Å². The summed E-state index contributed by atoms with van der Waals surface area (Å²) in [5.74, 6) is -0.472. The number of aliphatic hydroxyl groups is 2. The van der Waals surface area contributed by atoms with Gasteiger partial charge < -0.3 is 15.5 Å². The number of carbonyl (C=O) groups excluding carboxylic acids is 1. The predicted molar refractivity (Wildman–Crippen MR) is 53.8 cm³/mol. The molecule has 9 nitrogen and oxygen atoms in total. The van der Waals surface area contributed by atoms with Crippen LogP contribution in [0.3, 0.4) is 0 Å². The van der Waals surface area contributed by atoms with E-state index in [-0.39, 0.29) is 0 Å². The third kappa shape index (κ3) is 3.34. The topological polar surface area (TPSA) is 136 Å². The Labute approximate surface area is 97.9 Å². The molecule has 0 unspecified atom stereocenters. The van der Waals surface area contributed by atoms with E-state index in [1.54, 1.807) is 0 Å². The summed E-state index contributed by atoms with van der Waals surface area (Å²) in [4.78, 5) is 11.9. The number of likely N-dealkylation sites (N-methyl/N-ethyl adjacent to an activating group) is 1. The van der Waals surface area contributed by atoms with Gasteiger partial charge >= 0.3 is 10.4 Å². The van der Waals surface area contributed by atoms with Crippen molar-refractivity contribution in [2.45, 2.75) is 31.5 Å². The second-order valence-corrected chi connectivity index (χ2v) is 4.75. The van der Waals surface area contributed by atoms with E-state index in [0.29, 0.717) is 0 Å². The lowest BCUT2D eigenvalue weighted by atomic mass is 10.2. The van der Waals surface area contributed by atoms with E-state index in [2.05, 4.69) is 9.50 Å². The Kier molecular flexibility index (Phi) is 4.06. The molecule has 0 aromatic heterocycles. The van der Waals surface area contributed by atoms with Gasteiger partial charge in [-0.1, -0.05) is 0 Å². The molecule has 0 spiro atoms. The van der Waals surface area contributed by atoms with Gasteiger partial charge in [-0.3, -0.25) is 14.2 Å². The molecular weight excluding hydrogens is 256 g/mol. The highest BCUT2D eigenvalue weighted by Gasteiger charge is 2.48. The molecule has 0 aliphatic carbocycles. The molecule has 1 saturated heterocycles. The van der Waals surface area contributed by atoms with E-state index in [1.165, 1.54) is 14.0 Å². The van der Waals surface area contributed by atoms with E-state index in [9.17, 15) is 23.4 Å². The van der Waals surface area contributed by atoms with Crippen LogP contribution in [0.4, 0.5) is 0 Å². The first-order valence-electron chi connectivity index (χ1n) is 4.64. The second kappa shape index (κ2) is 4.84. The molecule has 0 radical (unpaired) electrons. The maximum absolute atomic E-state index is 10.9. The molecule has 4 atom stereocenters. The Morgan fingerprint density at radius 1 is 1.35 bits per heavy atom. The van der Waals surface area contributed by atoms with E-state index >= 15 is 0 Å². The Bertz CT molecular complexity index is 397. The number of nitrogens with zero attached hydrogens (tertiary/aromatic N) is 1. The monoisotopic (exact) mass is 270 g/mol. The van der Waals surface area contributed by atoms with Crippen LogP contribution in [0.15, 0.2) is 0 Å². The number of aliphatic hydroxyl groups excluding tert-OH is 2. The molecule has 1 fully saturated rings. The largest absolute Gasteiger partial charge is 0.398 e. The number of carbonyl (C=O) groups is 1. The van der Waals surface area contributed by atoms with Gasteiger partial charge in [0.05, 0.1) is 0 Å². The number of rotatable bonds is 3. The van der Waals surface area contributed by atoms with Gasteiger partial charge in [-0.25, -0.2) is 4.18 Å². The number of amides is 1. The van der Waals surface area contributed by atoms with E-state index in [0.717, 1.165) is 4.90 Å². The Morgan fingerprint density at radius 3 is 2.29 bits per heavy atom. The summed E-state index contributed by atoms with van der Waals surface area (Å²) in [6.45, 7) is 1.20. The summed E-state index contributed by atoms with van der Waals surface area (Å²) < 4.78 is 33.8. The molecule has 4 N–H and O–H groups in total. The summed E-state index contributed by atoms with van der Waals surface area (Å²) >= 11 is 0. The SMILES string of the molecule is CC(=O)N[C@@H]1[C@@H](O)[C@H](O)[C@@H](OS(=O)(=O)O)N1C. The fraction of sp³-hybridized carbons (Fsp3) is 0.857.